The van der Waals surface area contributed by atoms with Crippen molar-refractivity contribution in [1.29, 1.82) is 0 Å². The topological polar surface area (TPSA) is 27.7 Å². The minimum absolute atomic E-state index is 0.746. The lowest BCUT2D eigenvalue weighted by Crippen LogP contribution is -2.17. The summed E-state index contributed by atoms with van der Waals surface area (Å²) in [5.74, 6) is 2.36. The molecular weight excluding hydrogens is 179 g/mol. The van der Waals surface area contributed by atoms with Gasteiger partial charge < -0.3 is 14.2 Å². The molecule has 0 saturated heterocycles. The van der Waals surface area contributed by atoms with Crippen LogP contribution in [0.25, 0.3) is 0 Å². The fourth-order valence-electron chi connectivity index (χ4n) is 1.43. The first-order valence-corrected chi connectivity index (χ1v) is 4.55. The summed E-state index contributed by atoms with van der Waals surface area (Å²) in [6.45, 7) is 2.06. The summed E-state index contributed by atoms with van der Waals surface area (Å²) in [7, 11) is 5.79. The molecule has 0 aliphatic carbocycles. The maximum atomic E-state index is 5.26. The first kappa shape index (κ1) is 10.8. The molecule has 1 aromatic carbocycles. The van der Waals surface area contributed by atoms with Crippen LogP contribution in [0, 0.1) is 0 Å². The number of rotatable bonds is 4. The van der Waals surface area contributed by atoms with Crippen LogP contribution in [0.3, 0.4) is 0 Å². The highest BCUT2D eigenvalue weighted by molar-refractivity contribution is 6.54. The summed E-state index contributed by atoms with van der Waals surface area (Å²) >= 11 is 0. The van der Waals surface area contributed by atoms with E-state index in [-0.39, 0.29) is 0 Å². The maximum absolute atomic E-state index is 5.26. The predicted molar refractivity (Wildman–Crippen MR) is 58.7 cm³/mol. The summed E-state index contributed by atoms with van der Waals surface area (Å²) in [6.07, 6.45) is 0. The van der Waals surface area contributed by atoms with Crippen molar-refractivity contribution in [2.24, 2.45) is 0 Å². The van der Waals surface area contributed by atoms with Gasteiger partial charge in [0.05, 0.1) is 21.3 Å². The van der Waals surface area contributed by atoms with E-state index in [4.69, 9.17) is 14.2 Å². The molecule has 1 aromatic rings. The average molecular weight is 194 g/mol. The number of benzene rings is 1. The fraction of sp³-hybridized carbons (Fsp3) is 0.400. The highest BCUT2D eigenvalue weighted by atomic mass is 16.5. The Morgan fingerprint density at radius 2 is 1.43 bits per heavy atom. The van der Waals surface area contributed by atoms with Crippen LogP contribution in [0.1, 0.15) is 0 Å². The molecule has 0 aromatic heterocycles. The van der Waals surface area contributed by atoms with E-state index in [0.717, 1.165) is 30.0 Å². The number of hydrogen-bond donors (Lipinski definition) is 0. The summed E-state index contributed by atoms with van der Waals surface area (Å²) in [6, 6.07) is 3.72. The van der Waals surface area contributed by atoms with Crippen LogP contribution in [0.15, 0.2) is 12.1 Å². The van der Waals surface area contributed by atoms with Gasteiger partial charge in [0.1, 0.15) is 17.2 Å². The summed E-state index contributed by atoms with van der Waals surface area (Å²) < 4.78 is 15.7. The smallest absolute Gasteiger partial charge is 0.164 e. The zero-order valence-electron chi connectivity index (χ0n) is 9.09. The monoisotopic (exact) mass is 194 g/mol. The van der Waals surface area contributed by atoms with Crippen molar-refractivity contribution >= 4 is 12.7 Å². The van der Waals surface area contributed by atoms with Gasteiger partial charge in [-0.05, 0) is 5.46 Å². The van der Waals surface area contributed by atoms with Crippen molar-refractivity contribution in [2.75, 3.05) is 21.3 Å². The Morgan fingerprint density at radius 3 is 1.71 bits per heavy atom. The summed E-state index contributed by atoms with van der Waals surface area (Å²) in [5.41, 5.74) is 1.07. The lowest BCUT2D eigenvalue weighted by atomic mass is 9.72. The minimum Gasteiger partial charge on any atom is -0.497 e. The molecule has 0 saturated carbocycles. The van der Waals surface area contributed by atoms with E-state index >= 15 is 0 Å². The van der Waals surface area contributed by atoms with Gasteiger partial charge in [0.15, 0.2) is 7.28 Å². The molecule has 14 heavy (non-hydrogen) atoms. The van der Waals surface area contributed by atoms with Gasteiger partial charge in [-0.15, -0.1) is 0 Å². The second kappa shape index (κ2) is 4.79. The van der Waals surface area contributed by atoms with Gasteiger partial charge >= 0.3 is 0 Å². The van der Waals surface area contributed by atoms with E-state index in [9.17, 15) is 0 Å². The van der Waals surface area contributed by atoms with Gasteiger partial charge in [-0.3, -0.25) is 0 Å². The number of hydrogen-bond acceptors (Lipinski definition) is 3. The van der Waals surface area contributed by atoms with Crippen molar-refractivity contribution in [3.63, 3.8) is 0 Å². The van der Waals surface area contributed by atoms with Crippen LogP contribution in [-0.4, -0.2) is 28.6 Å². The van der Waals surface area contributed by atoms with E-state index < -0.39 is 0 Å². The average Bonchev–Trinajstić information content (AvgIpc) is 2.26. The van der Waals surface area contributed by atoms with Gasteiger partial charge in [-0.2, -0.15) is 0 Å². The molecule has 1 rings (SSSR count). The first-order valence-electron chi connectivity index (χ1n) is 4.55. The molecule has 4 heteroatoms. The van der Waals surface area contributed by atoms with Gasteiger partial charge in [0.25, 0.3) is 0 Å². The Bertz CT molecular complexity index is 287. The van der Waals surface area contributed by atoms with E-state index in [1.54, 1.807) is 21.3 Å². The fourth-order valence-corrected chi connectivity index (χ4v) is 1.43. The van der Waals surface area contributed by atoms with Crippen molar-refractivity contribution in [1.82, 2.24) is 0 Å². The quantitative estimate of drug-likeness (QED) is 0.664. The van der Waals surface area contributed by atoms with Gasteiger partial charge in [-0.25, -0.2) is 0 Å². The molecule has 0 aliphatic rings. The van der Waals surface area contributed by atoms with Crippen LogP contribution in [0.5, 0.6) is 17.2 Å². The van der Waals surface area contributed by atoms with E-state index in [2.05, 4.69) is 6.82 Å². The highest BCUT2D eigenvalue weighted by Crippen LogP contribution is 2.24. The molecule has 0 bridgehead atoms. The lowest BCUT2D eigenvalue weighted by molar-refractivity contribution is 0.380. The van der Waals surface area contributed by atoms with Crippen molar-refractivity contribution < 1.29 is 14.2 Å². The molecule has 0 N–H and O–H groups in total. The molecule has 0 amide bonds. The molecule has 0 radical (unpaired) electrons. The maximum Gasteiger partial charge on any atom is 0.164 e. The van der Waals surface area contributed by atoms with E-state index in [1.165, 1.54) is 0 Å². The van der Waals surface area contributed by atoms with Gasteiger partial charge in [0.2, 0.25) is 0 Å². The Labute approximate surface area is 85.2 Å². The van der Waals surface area contributed by atoms with Crippen LogP contribution in [0.2, 0.25) is 6.82 Å². The largest absolute Gasteiger partial charge is 0.497 e. The molecule has 0 atom stereocenters. The van der Waals surface area contributed by atoms with Gasteiger partial charge in [0, 0.05) is 12.1 Å². The molecule has 0 fully saturated rings. The third-order valence-corrected chi connectivity index (χ3v) is 2.17. The van der Waals surface area contributed by atoms with Crippen molar-refractivity contribution in [3.8, 4) is 17.2 Å². The second-order valence-electron chi connectivity index (χ2n) is 2.86. The Kier molecular flexibility index (Phi) is 3.68. The molecule has 3 nitrogen and oxygen atoms in total. The summed E-state index contributed by atoms with van der Waals surface area (Å²) in [4.78, 5) is 0. The van der Waals surface area contributed by atoms with Crippen molar-refractivity contribution in [3.05, 3.63) is 12.1 Å². The Morgan fingerprint density at radius 1 is 0.929 bits per heavy atom. The molecular formula is C10H15BO3. The molecule has 0 heterocycles. The minimum atomic E-state index is 0.746. The van der Waals surface area contributed by atoms with Crippen LogP contribution >= 0.6 is 0 Å². The van der Waals surface area contributed by atoms with E-state index in [1.807, 2.05) is 12.1 Å². The SMILES string of the molecule is CBc1c(OC)cc(OC)cc1OC. The Hall–Kier alpha value is -1.32. The third kappa shape index (κ3) is 1.95. The number of ether oxygens (including phenoxy) is 3. The normalized spacial score (nSPS) is 9.43. The zero-order chi connectivity index (χ0) is 10.6. The molecule has 76 valence electrons. The number of methoxy groups -OCH3 is 3. The van der Waals surface area contributed by atoms with Crippen LogP contribution < -0.4 is 19.7 Å². The lowest BCUT2D eigenvalue weighted by Gasteiger charge is -2.13. The highest BCUT2D eigenvalue weighted by Gasteiger charge is 2.11. The second-order valence-corrected chi connectivity index (χ2v) is 2.86. The standard InChI is InChI=1S/C10H15BO3/c1-11-10-8(13-3)5-7(12-2)6-9(10)14-4/h5-6,11H,1-4H3. The predicted octanol–water partition coefficient (Wildman–Crippen LogP) is 0.822. The van der Waals surface area contributed by atoms with E-state index in [0.29, 0.717) is 0 Å². The van der Waals surface area contributed by atoms with Gasteiger partial charge in [-0.1, -0.05) is 6.82 Å². The van der Waals surface area contributed by atoms with Crippen LogP contribution in [0.4, 0.5) is 0 Å². The molecule has 0 unspecified atom stereocenters. The third-order valence-electron chi connectivity index (χ3n) is 2.17. The zero-order valence-corrected chi connectivity index (χ0v) is 9.09. The molecule has 0 aliphatic heterocycles. The summed E-state index contributed by atoms with van der Waals surface area (Å²) in [5, 5.41) is 0. The van der Waals surface area contributed by atoms with Crippen LogP contribution in [-0.2, 0) is 0 Å². The van der Waals surface area contributed by atoms with Crippen molar-refractivity contribution in [2.45, 2.75) is 6.82 Å². The molecule has 0 spiro atoms. The Balaban J connectivity index is 3.24. The first-order chi connectivity index (χ1) is 6.76.